The van der Waals surface area contributed by atoms with E-state index in [0.717, 1.165) is 31.0 Å². The summed E-state index contributed by atoms with van der Waals surface area (Å²) in [6.07, 6.45) is 4.75. The lowest BCUT2D eigenvalue weighted by Crippen LogP contribution is -2.24. The zero-order valence-electron chi connectivity index (χ0n) is 12.0. The van der Waals surface area contributed by atoms with Crippen molar-refractivity contribution in [1.29, 1.82) is 0 Å². The lowest BCUT2D eigenvalue weighted by atomic mass is 9.97. The molecule has 1 aromatic heterocycles. The van der Waals surface area contributed by atoms with Gasteiger partial charge in [-0.05, 0) is 43.5 Å². The quantitative estimate of drug-likeness (QED) is 0.933. The largest absolute Gasteiger partial charge is 0.381 e. The first kappa shape index (κ1) is 13.3. The number of aryl methyl sites for hydroxylation is 2. The zero-order valence-corrected chi connectivity index (χ0v) is 12.0. The van der Waals surface area contributed by atoms with E-state index in [-0.39, 0.29) is 6.04 Å². The molecule has 1 aliphatic rings. The number of imidazole rings is 1. The maximum absolute atomic E-state index is 6.42. The molecule has 4 heteroatoms. The molecule has 3 rings (SSSR count). The first-order chi connectivity index (χ1) is 9.65. The Morgan fingerprint density at radius 2 is 2.05 bits per heavy atom. The van der Waals surface area contributed by atoms with E-state index >= 15 is 0 Å². The molecule has 2 N–H and O–H groups in total. The standard InChI is InChI=1S/C16H21N3O/c1-11-5-12(2)7-14(6-11)19-10-18-8-15(19)16(17)13-3-4-20-9-13/h5-8,10,13,16H,3-4,9,17H2,1-2H3. The van der Waals surface area contributed by atoms with E-state index in [1.54, 1.807) is 0 Å². The molecule has 1 aromatic carbocycles. The number of benzene rings is 1. The smallest absolute Gasteiger partial charge is 0.0994 e. The van der Waals surface area contributed by atoms with Crippen molar-refractivity contribution in [1.82, 2.24) is 9.55 Å². The van der Waals surface area contributed by atoms with Gasteiger partial charge in [-0.2, -0.15) is 0 Å². The summed E-state index contributed by atoms with van der Waals surface area (Å²) >= 11 is 0. The molecule has 0 amide bonds. The van der Waals surface area contributed by atoms with E-state index in [9.17, 15) is 0 Å². The van der Waals surface area contributed by atoms with Crippen molar-refractivity contribution in [2.45, 2.75) is 26.3 Å². The Kier molecular flexibility index (Phi) is 3.59. The van der Waals surface area contributed by atoms with Crippen molar-refractivity contribution >= 4 is 0 Å². The second kappa shape index (κ2) is 5.38. The van der Waals surface area contributed by atoms with Gasteiger partial charge in [-0.25, -0.2) is 4.98 Å². The molecule has 0 aliphatic carbocycles. The monoisotopic (exact) mass is 271 g/mol. The number of nitrogens with zero attached hydrogens (tertiary/aromatic N) is 2. The summed E-state index contributed by atoms with van der Waals surface area (Å²) in [6, 6.07) is 6.47. The Hall–Kier alpha value is -1.65. The third-order valence-corrected chi connectivity index (χ3v) is 3.97. The third kappa shape index (κ3) is 2.49. The van der Waals surface area contributed by atoms with Crippen LogP contribution in [0.4, 0.5) is 0 Å². The van der Waals surface area contributed by atoms with Gasteiger partial charge in [-0.15, -0.1) is 0 Å². The minimum Gasteiger partial charge on any atom is -0.381 e. The maximum Gasteiger partial charge on any atom is 0.0994 e. The van der Waals surface area contributed by atoms with Crippen molar-refractivity contribution < 1.29 is 4.74 Å². The molecule has 1 saturated heterocycles. The molecule has 0 bridgehead atoms. The van der Waals surface area contributed by atoms with Crippen molar-refractivity contribution in [3.63, 3.8) is 0 Å². The molecule has 2 unspecified atom stereocenters. The fourth-order valence-electron chi connectivity index (χ4n) is 2.93. The normalized spacial score (nSPS) is 20.2. The highest BCUT2D eigenvalue weighted by Gasteiger charge is 2.26. The Bertz CT molecular complexity index is 579. The minimum atomic E-state index is -0.0270. The average Bonchev–Trinajstić information content (AvgIpc) is 3.08. The van der Waals surface area contributed by atoms with E-state index < -0.39 is 0 Å². The summed E-state index contributed by atoms with van der Waals surface area (Å²) in [4.78, 5) is 4.29. The molecule has 106 valence electrons. The summed E-state index contributed by atoms with van der Waals surface area (Å²) in [5, 5.41) is 0. The average molecular weight is 271 g/mol. The summed E-state index contributed by atoms with van der Waals surface area (Å²) in [6.45, 7) is 5.78. The van der Waals surface area contributed by atoms with Crippen LogP contribution in [0, 0.1) is 19.8 Å². The van der Waals surface area contributed by atoms with Crippen LogP contribution in [0.25, 0.3) is 5.69 Å². The predicted octanol–water partition coefficient (Wildman–Crippen LogP) is 2.53. The molecule has 2 heterocycles. The van der Waals surface area contributed by atoms with Crippen LogP contribution >= 0.6 is 0 Å². The molecule has 1 aliphatic heterocycles. The third-order valence-electron chi connectivity index (χ3n) is 3.97. The van der Waals surface area contributed by atoms with Gasteiger partial charge in [0.05, 0.1) is 30.9 Å². The number of ether oxygens (including phenoxy) is 1. The van der Waals surface area contributed by atoms with Crippen LogP contribution in [0.5, 0.6) is 0 Å². The summed E-state index contributed by atoms with van der Waals surface area (Å²) in [5.74, 6) is 0.386. The van der Waals surface area contributed by atoms with Gasteiger partial charge in [0.1, 0.15) is 0 Å². The van der Waals surface area contributed by atoms with Gasteiger partial charge < -0.3 is 15.0 Å². The van der Waals surface area contributed by atoms with Crippen LogP contribution in [-0.4, -0.2) is 22.8 Å². The van der Waals surface area contributed by atoms with Crippen molar-refractivity contribution in [2.75, 3.05) is 13.2 Å². The summed E-state index contributed by atoms with van der Waals surface area (Å²) in [5.41, 5.74) is 11.1. The van der Waals surface area contributed by atoms with Gasteiger partial charge in [-0.1, -0.05) is 6.07 Å². The lowest BCUT2D eigenvalue weighted by Gasteiger charge is -2.20. The van der Waals surface area contributed by atoms with E-state index in [1.165, 1.54) is 11.1 Å². The Morgan fingerprint density at radius 1 is 1.30 bits per heavy atom. The molecule has 20 heavy (non-hydrogen) atoms. The number of hydrogen-bond donors (Lipinski definition) is 1. The van der Waals surface area contributed by atoms with Crippen LogP contribution in [0.15, 0.2) is 30.7 Å². The van der Waals surface area contributed by atoms with Crippen LogP contribution < -0.4 is 5.73 Å². The fourth-order valence-corrected chi connectivity index (χ4v) is 2.93. The number of hydrogen-bond acceptors (Lipinski definition) is 3. The van der Waals surface area contributed by atoms with Gasteiger partial charge in [0, 0.05) is 18.2 Å². The topological polar surface area (TPSA) is 53.1 Å². The number of nitrogens with two attached hydrogens (primary N) is 1. The van der Waals surface area contributed by atoms with Crippen LogP contribution in [0.3, 0.4) is 0 Å². The molecule has 2 atom stereocenters. The highest BCUT2D eigenvalue weighted by Crippen LogP contribution is 2.28. The number of aromatic nitrogens is 2. The van der Waals surface area contributed by atoms with Gasteiger partial charge in [0.15, 0.2) is 0 Å². The van der Waals surface area contributed by atoms with E-state index in [0.29, 0.717) is 5.92 Å². The first-order valence-corrected chi connectivity index (χ1v) is 7.09. The highest BCUT2D eigenvalue weighted by molar-refractivity contribution is 5.41. The molecule has 0 saturated carbocycles. The predicted molar refractivity (Wildman–Crippen MR) is 78.9 cm³/mol. The van der Waals surface area contributed by atoms with E-state index in [4.69, 9.17) is 10.5 Å². The fraction of sp³-hybridized carbons (Fsp3) is 0.438. The summed E-state index contributed by atoms with van der Waals surface area (Å²) in [7, 11) is 0. The lowest BCUT2D eigenvalue weighted by molar-refractivity contribution is 0.180. The van der Waals surface area contributed by atoms with E-state index in [1.807, 2.05) is 12.5 Å². The molecule has 4 nitrogen and oxygen atoms in total. The van der Waals surface area contributed by atoms with Gasteiger partial charge in [-0.3, -0.25) is 0 Å². The first-order valence-electron chi connectivity index (χ1n) is 7.09. The van der Waals surface area contributed by atoms with Crippen molar-refractivity contribution in [3.8, 4) is 5.69 Å². The Labute approximate surface area is 119 Å². The zero-order chi connectivity index (χ0) is 14.1. The van der Waals surface area contributed by atoms with Gasteiger partial charge in [0.2, 0.25) is 0 Å². The molecule has 1 fully saturated rings. The van der Waals surface area contributed by atoms with Crippen LogP contribution in [0.1, 0.15) is 29.3 Å². The van der Waals surface area contributed by atoms with Gasteiger partial charge >= 0.3 is 0 Å². The van der Waals surface area contributed by atoms with E-state index in [2.05, 4.69) is 41.6 Å². The Morgan fingerprint density at radius 3 is 2.70 bits per heavy atom. The molecule has 0 radical (unpaired) electrons. The number of rotatable bonds is 3. The van der Waals surface area contributed by atoms with Crippen molar-refractivity contribution in [2.24, 2.45) is 11.7 Å². The highest BCUT2D eigenvalue weighted by atomic mass is 16.5. The Balaban J connectivity index is 1.96. The SMILES string of the molecule is Cc1cc(C)cc(-n2cncc2C(N)C2CCOC2)c1. The summed E-state index contributed by atoms with van der Waals surface area (Å²) < 4.78 is 7.55. The maximum atomic E-state index is 6.42. The molecule has 0 spiro atoms. The molecule has 2 aromatic rings. The second-order valence-corrected chi connectivity index (χ2v) is 5.68. The molecular formula is C16H21N3O. The van der Waals surface area contributed by atoms with Gasteiger partial charge in [0.25, 0.3) is 0 Å². The minimum absolute atomic E-state index is 0.0270. The molecular weight excluding hydrogens is 250 g/mol. The van der Waals surface area contributed by atoms with Crippen molar-refractivity contribution in [3.05, 3.63) is 47.5 Å². The van der Waals surface area contributed by atoms with Crippen LogP contribution in [-0.2, 0) is 4.74 Å². The second-order valence-electron chi connectivity index (χ2n) is 5.68. The van der Waals surface area contributed by atoms with Crippen LogP contribution in [0.2, 0.25) is 0 Å².